The molecule has 1 rings (SSSR count). The van der Waals surface area contributed by atoms with Gasteiger partial charge in [0.25, 0.3) is 5.91 Å². The van der Waals surface area contributed by atoms with Gasteiger partial charge in [-0.25, -0.2) is 0 Å². The van der Waals surface area contributed by atoms with Crippen molar-refractivity contribution in [1.82, 2.24) is 10.6 Å². The molecule has 1 aliphatic rings. The number of hydrogen-bond donors (Lipinski definition) is 2. The monoisotopic (exact) mass is 242 g/mol. The maximum Gasteiger partial charge on any atom is 0.252 e. The smallest absolute Gasteiger partial charge is 0.252 e. The van der Waals surface area contributed by atoms with Crippen molar-refractivity contribution in [2.75, 3.05) is 20.2 Å². The van der Waals surface area contributed by atoms with Gasteiger partial charge in [0, 0.05) is 13.2 Å². The third-order valence-corrected chi connectivity index (χ3v) is 3.58. The Bertz CT molecular complexity index is 238. The summed E-state index contributed by atoms with van der Waals surface area (Å²) in [4.78, 5) is 12.3. The van der Waals surface area contributed by atoms with Crippen LogP contribution in [-0.2, 0) is 9.53 Å². The quantitative estimate of drug-likeness (QED) is 0.741. The second-order valence-corrected chi connectivity index (χ2v) is 4.97. The van der Waals surface area contributed by atoms with Gasteiger partial charge in [-0.2, -0.15) is 0 Å². The van der Waals surface area contributed by atoms with Gasteiger partial charge in [-0.15, -0.1) is 0 Å². The molecule has 100 valence electrons. The molecule has 0 aliphatic carbocycles. The number of methoxy groups -OCH3 is 1. The number of amides is 1. The first-order valence-electron chi connectivity index (χ1n) is 6.71. The van der Waals surface area contributed by atoms with Gasteiger partial charge in [-0.1, -0.05) is 19.8 Å². The van der Waals surface area contributed by atoms with E-state index in [4.69, 9.17) is 4.74 Å². The average Bonchev–Trinajstić information content (AvgIpc) is 2.37. The lowest BCUT2D eigenvalue weighted by Crippen LogP contribution is -2.55. The molecule has 0 aromatic heterocycles. The molecule has 1 amide bonds. The minimum Gasteiger partial charge on any atom is -0.368 e. The van der Waals surface area contributed by atoms with Crippen LogP contribution in [0.3, 0.4) is 0 Å². The highest BCUT2D eigenvalue weighted by Crippen LogP contribution is 2.22. The molecule has 1 heterocycles. The summed E-state index contributed by atoms with van der Waals surface area (Å²) in [5, 5.41) is 6.34. The van der Waals surface area contributed by atoms with Crippen LogP contribution in [0.25, 0.3) is 0 Å². The molecule has 0 spiro atoms. The molecular formula is C13H26N2O2. The normalized spacial score (nSPS) is 20.9. The zero-order valence-corrected chi connectivity index (χ0v) is 11.3. The fraction of sp³-hybridized carbons (Fsp3) is 0.923. The molecule has 4 heteroatoms. The molecular weight excluding hydrogens is 216 g/mol. The van der Waals surface area contributed by atoms with E-state index < -0.39 is 5.60 Å². The Morgan fingerprint density at radius 1 is 1.47 bits per heavy atom. The van der Waals surface area contributed by atoms with E-state index in [2.05, 4.69) is 24.5 Å². The van der Waals surface area contributed by atoms with Crippen molar-refractivity contribution in [3.8, 4) is 0 Å². The molecule has 0 aromatic rings. The Kier molecular flexibility index (Phi) is 5.92. The van der Waals surface area contributed by atoms with Crippen LogP contribution in [0.2, 0.25) is 0 Å². The highest BCUT2D eigenvalue weighted by atomic mass is 16.5. The van der Waals surface area contributed by atoms with E-state index in [-0.39, 0.29) is 11.9 Å². The first-order valence-corrected chi connectivity index (χ1v) is 6.71. The van der Waals surface area contributed by atoms with Crippen LogP contribution < -0.4 is 10.6 Å². The summed E-state index contributed by atoms with van der Waals surface area (Å²) in [6.45, 7) is 5.94. The van der Waals surface area contributed by atoms with Crippen LogP contribution >= 0.6 is 0 Å². The lowest BCUT2D eigenvalue weighted by molar-refractivity contribution is -0.147. The topological polar surface area (TPSA) is 50.4 Å². The predicted octanol–water partition coefficient (Wildman–Crippen LogP) is 1.45. The number of hydrogen-bond acceptors (Lipinski definition) is 3. The molecule has 1 fully saturated rings. The summed E-state index contributed by atoms with van der Waals surface area (Å²) in [6.07, 6.45) is 4.88. The van der Waals surface area contributed by atoms with E-state index in [0.29, 0.717) is 0 Å². The molecule has 0 aromatic carbocycles. The third kappa shape index (κ3) is 3.96. The summed E-state index contributed by atoms with van der Waals surface area (Å²) in [5.41, 5.74) is -0.605. The van der Waals surface area contributed by atoms with E-state index >= 15 is 0 Å². The summed E-state index contributed by atoms with van der Waals surface area (Å²) in [6, 6.07) is 0.240. The molecule has 2 N–H and O–H groups in total. The van der Waals surface area contributed by atoms with Gasteiger partial charge in [0.15, 0.2) is 0 Å². The average molecular weight is 242 g/mol. The highest BCUT2D eigenvalue weighted by molar-refractivity contribution is 5.85. The third-order valence-electron chi connectivity index (χ3n) is 3.58. The number of piperidine rings is 1. The zero-order chi connectivity index (χ0) is 12.7. The lowest BCUT2D eigenvalue weighted by atomic mass is 9.90. The first kappa shape index (κ1) is 14.5. The second kappa shape index (κ2) is 6.97. The van der Waals surface area contributed by atoms with E-state index in [1.807, 2.05) is 0 Å². The number of carbonyl (C=O) groups is 1. The summed E-state index contributed by atoms with van der Waals surface area (Å²) >= 11 is 0. The van der Waals surface area contributed by atoms with Crippen LogP contribution in [0.4, 0.5) is 0 Å². The van der Waals surface area contributed by atoms with E-state index in [1.54, 1.807) is 7.11 Å². The van der Waals surface area contributed by atoms with Crippen molar-refractivity contribution < 1.29 is 9.53 Å². The Morgan fingerprint density at radius 3 is 2.65 bits per heavy atom. The summed E-state index contributed by atoms with van der Waals surface area (Å²) in [5.74, 6) is 0.0603. The number of carbonyl (C=O) groups excluding carboxylic acids is 1. The fourth-order valence-corrected chi connectivity index (χ4v) is 2.29. The Hall–Kier alpha value is -0.610. The molecule has 4 nitrogen and oxygen atoms in total. The van der Waals surface area contributed by atoms with Crippen molar-refractivity contribution in [2.24, 2.45) is 0 Å². The second-order valence-electron chi connectivity index (χ2n) is 4.97. The lowest BCUT2D eigenvalue weighted by Gasteiger charge is -2.35. The predicted molar refractivity (Wildman–Crippen MR) is 69.0 cm³/mol. The SMILES string of the molecule is CCCCC(C)NC(=O)C1(OC)CCNCC1. The Morgan fingerprint density at radius 2 is 2.12 bits per heavy atom. The number of unbranched alkanes of at least 4 members (excludes halogenated alkanes) is 1. The van der Waals surface area contributed by atoms with Crippen molar-refractivity contribution in [3.05, 3.63) is 0 Å². The maximum absolute atomic E-state index is 12.3. The number of ether oxygens (including phenoxy) is 1. The van der Waals surface area contributed by atoms with Gasteiger partial charge in [-0.05, 0) is 39.3 Å². The van der Waals surface area contributed by atoms with Gasteiger partial charge in [0.05, 0.1) is 0 Å². The van der Waals surface area contributed by atoms with Crippen molar-refractivity contribution >= 4 is 5.91 Å². The van der Waals surface area contributed by atoms with Gasteiger partial charge in [0.2, 0.25) is 0 Å². The molecule has 0 saturated carbocycles. The summed E-state index contributed by atoms with van der Waals surface area (Å²) in [7, 11) is 1.64. The van der Waals surface area contributed by atoms with Gasteiger partial charge < -0.3 is 15.4 Å². The van der Waals surface area contributed by atoms with Gasteiger partial charge in [0.1, 0.15) is 5.60 Å². The highest BCUT2D eigenvalue weighted by Gasteiger charge is 2.39. The molecule has 1 aliphatic heterocycles. The summed E-state index contributed by atoms with van der Waals surface area (Å²) < 4.78 is 5.49. The van der Waals surface area contributed by atoms with Gasteiger partial charge in [-0.3, -0.25) is 4.79 Å². The van der Waals surface area contributed by atoms with Crippen molar-refractivity contribution in [1.29, 1.82) is 0 Å². The van der Waals surface area contributed by atoms with E-state index in [0.717, 1.165) is 38.8 Å². The van der Waals surface area contributed by atoms with Crippen LogP contribution in [0.1, 0.15) is 46.0 Å². The molecule has 1 unspecified atom stereocenters. The van der Waals surface area contributed by atoms with Crippen LogP contribution in [0.15, 0.2) is 0 Å². The zero-order valence-electron chi connectivity index (χ0n) is 11.3. The van der Waals surface area contributed by atoms with Gasteiger partial charge >= 0.3 is 0 Å². The van der Waals surface area contributed by atoms with E-state index in [1.165, 1.54) is 6.42 Å². The van der Waals surface area contributed by atoms with E-state index in [9.17, 15) is 4.79 Å². The van der Waals surface area contributed by atoms with Crippen LogP contribution in [0, 0.1) is 0 Å². The Balaban J connectivity index is 2.48. The molecule has 1 saturated heterocycles. The van der Waals surface area contributed by atoms with Crippen LogP contribution in [0.5, 0.6) is 0 Å². The molecule has 0 radical (unpaired) electrons. The minimum absolute atomic E-state index is 0.0603. The van der Waals surface area contributed by atoms with Crippen molar-refractivity contribution in [2.45, 2.75) is 57.6 Å². The van der Waals surface area contributed by atoms with Crippen molar-refractivity contribution in [3.63, 3.8) is 0 Å². The fourth-order valence-electron chi connectivity index (χ4n) is 2.29. The molecule has 17 heavy (non-hydrogen) atoms. The number of nitrogens with one attached hydrogen (secondary N) is 2. The standard InChI is InChI=1S/C13H26N2O2/c1-4-5-6-11(2)15-12(16)13(17-3)7-9-14-10-8-13/h11,14H,4-10H2,1-3H3,(H,15,16). The number of rotatable bonds is 6. The van der Waals surface area contributed by atoms with Crippen LogP contribution in [-0.4, -0.2) is 37.7 Å². The minimum atomic E-state index is -0.605. The molecule has 0 bridgehead atoms. The molecule has 1 atom stereocenters. The first-order chi connectivity index (χ1) is 8.14. The largest absolute Gasteiger partial charge is 0.368 e. The Labute approximate surface area is 104 Å². The maximum atomic E-state index is 12.3.